The maximum absolute atomic E-state index is 12.5. The van der Waals surface area contributed by atoms with Crippen LogP contribution in [0.2, 0.25) is 0 Å². The molecule has 6 heteroatoms. The van der Waals surface area contributed by atoms with Crippen LogP contribution in [0, 0.1) is 0 Å². The van der Waals surface area contributed by atoms with E-state index in [0.717, 1.165) is 77.0 Å². The molecule has 0 aliphatic rings. The molecule has 0 saturated heterocycles. The second kappa shape index (κ2) is 55.9. The fourth-order valence-corrected chi connectivity index (χ4v) is 9.16. The van der Waals surface area contributed by atoms with E-state index in [2.05, 4.69) is 31.3 Å². The third kappa shape index (κ3) is 51.7. The van der Waals surface area contributed by atoms with Gasteiger partial charge in [0.15, 0.2) is 0 Å². The van der Waals surface area contributed by atoms with E-state index in [-0.39, 0.29) is 18.5 Å². The summed E-state index contributed by atoms with van der Waals surface area (Å²) < 4.78 is 5.45. The number of aliphatic hydroxyl groups is 2. The molecule has 0 bridgehead atoms. The highest BCUT2D eigenvalue weighted by Gasteiger charge is 2.18. The van der Waals surface area contributed by atoms with E-state index in [0.29, 0.717) is 19.4 Å². The first-order valence-electron chi connectivity index (χ1n) is 29.6. The molecule has 0 fully saturated rings. The summed E-state index contributed by atoms with van der Waals surface area (Å²) in [5, 5.41) is 23.2. The summed E-state index contributed by atoms with van der Waals surface area (Å²) in [5.74, 6) is -0.135. The maximum atomic E-state index is 12.5. The zero-order valence-electron chi connectivity index (χ0n) is 44.4. The van der Waals surface area contributed by atoms with E-state index in [1.807, 2.05) is 6.08 Å². The number of rotatable bonds is 55. The van der Waals surface area contributed by atoms with Gasteiger partial charge in [0, 0.05) is 12.8 Å². The van der Waals surface area contributed by atoms with Crippen LogP contribution in [-0.2, 0) is 14.3 Å². The Bertz CT molecular complexity index is 1030. The topological polar surface area (TPSA) is 95.9 Å². The van der Waals surface area contributed by atoms with Gasteiger partial charge in [-0.25, -0.2) is 0 Å². The van der Waals surface area contributed by atoms with E-state index in [4.69, 9.17) is 4.74 Å². The Labute approximate surface area is 411 Å². The Morgan fingerprint density at radius 1 is 0.409 bits per heavy atom. The van der Waals surface area contributed by atoms with Gasteiger partial charge in [-0.05, 0) is 57.8 Å². The number of hydrogen-bond acceptors (Lipinski definition) is 5. The molecule has 0 aromatic carbocycles. The first-order valence-corrected chi connectivity index (χ1v) is 29.6. The largest absolute Gasteiger partial charge is 0.466 e. The van der Waals surface area contributed by atoms with Crippen molar-refractivity contribution in [1.82, 2.24) is 5.32 Å². The normalized spacial score (nSPS) is 12.7. The molecule has 66 heavy (non-hydrogen) atoms. The van der Waals surface area contributed by atoms with Gasteiger partial charge in [-0.2, -0.15) is 0 Å². The molecule has 2 unspecified atom stereocenters. The number of nitrogens with one attached hydrogen (secondary N) is 1. The molecule has 0 aromatic heterocycles. The van der Waals surface area contributed by atoms with Crippen LogP contribution in [0.5, 0.6) is 0 Å². The summed E-state index contributed by atoms with van der Waals surface area (Å²) in [6, 6.07) is -0.654. The lowest BCUT2D eigenvalue weighted by Gasteiger charge is -2.20. The zero-order chi connectivity index (χ0) is 47.9. The van der Waals surface area contributed by atoms with Crippen molar-refractivity contribution in [3.63, 3.8) is 0 Å². The van der Waals surface area contributed by atoms with Crippen LogP contribution in [-0.4, -0.2) is 47.4 Å². The molecule has 2 atom stereocenters. The second-order valence-electron chi connectivity index (χ2n) is 20.3. The van der Waals surface area contributed by atoms with Crippen LogP contribution >= 0.6 is 0 Å². The average molecular weight is 931 g/mol. The minimum atomic E-state index is -0.867. The number of esters is 1. The molecular weight excluding hydrogens is 815 g/mol. The molecule has 0 spiro atoms. The summed E-state index contributed by atoms with van der Waals surface area (Å²) in [5.41, 5.74) is 0. The van der Waals surface area contributed by atoms with E-state index >= 15 is 0 Å². The van der Waals surface area contributed by atoms with Gasteiger partial charge in [0.1, 0.15) is 0 Å². The van der Waals surface area contributed by atoms with Crippen LogP contribution in [0.25, 0.3) is 0 Å². The highest BCUT2D eigenvalue weighted by Crippen LogP contribution is 2.17. The molecule has 0 radical (unpaired) electrons. The maximum Gasteiger partial charge on any atom is 0.305 e. The van der Waals surface area contributed by atoms with Crippen molar-refractivity contribution in [2.75, 3.05) is 13.2 Å². The Balaban J connectivity index is 3.53. The van der Waals surface area contributed by atoms with E-state index in [1.165, 1.54) is 218 Å². The van der Waals surface area contributed by atoms with Crippen LogP contribution in [0.1, 0.15) is 322 Å². The predicted molar refractivity (Wildman–Crippen MR) is 287 cm³/mol. The summed E-state index contributed by atoms with van der Waals surface area (Å²) in [6.07, 6.45) is 67.8. The van der Waals surface area contributed by atoms with Gasteiger partial charge in [0.05, 0.1) is 25.4 Å². The van der Waals surface area contributed by atoms with Gasteiger partial charge in [-0.3, -0.25) is 9.59 Å². The second-order valence-corrected chi connectivity index (χ2v) is 20.3. The summed E-state index contributed by atoms with van der Waals surface area (Å²) >= 11 is 0. The summed E-state index contributed by atoms with van der Waals surface area (Å²) in [6.45, 7) is 4.84. The number of unbranched alkanes of at least 4 members (excludes halogenated alkanes) is 42. The van der Waals surface area contributed by atoms with Gasteiger partial charge < -0.3 is 20.3 Å². The molecule has 0 rings (SSSR count). The summed E-state index contributed by atoms with van der Waals surface area (Å²) in [4.78, 5) is 24.5. The molecule has 0 aliphatic carbocycles. The van der Waals surface area contributed by atoms with Crippen molar-refractivity contribution in [2.24, 2.45) is 0 Å². The van der Waals surface area contributed by atoms with Gasteiger partial charge in [-0.1, -0.05) is 276 Å². The van der Waals surface area contributed by atoms with Crippen molar-refractivity contribution >= 4 is 11.9 Å². The number of carbonyl (C=O) groups is 2. The molecule has 6 nitrogen and oxygen atoms in total. The van der Waals surface area contributed by atoms with Crippen LogP contribution in [0.15, 0.2) is 24.3 Å². The Morgan fingerprint density at radius 3 is 1.08 bits per heavy atom. The molecular formula is C60H115NO5. The number of hydrogen-bond donors (Lipinski definition) is 3. The quantitative estimate of drug-likeness (QED) is 0.0321. The van der Waals surface area contributed by atoms with Gasteiger partial charge >= 0.3 is 5.97 Å². The highest BCUT2D eigenvalue weighted by atomic mass is 16.5. The number of ether oxygens (including phenoxy) is 1. The monoisotopic (exact) mass is 930 g/mol. The minimum Gasteiger partial charge on any atom is -0.466 e. The lowest BCUT2D eigenvalue weighted by Crippen LogP contribution is -2.45. The number of carbonyl (C=O) groups excluding carboxylic acids is 2. The van der Waals surface area contributed by atoms with Crippen molar-refractivity contribution < 1.29 is 24.5 Å². The summed E-state index contributed by atoms with van der Waals surface area (Å²) in [7, 11) is 0. The van der Waals surface area contributed by atoms with Crippen LogP contribution < -0.4 is 5.32 Å². The lowest BCUT2D eigenvalue weighted by atomic mass is 10.0. The predicted octanol–water partition coefficient (Wildman–Crippen LogP) is 18.2. The fraction of sp³-hybridized carbons (Fsp3) is 0.900. The molecule has 3 N–H and O–H groups in total. The van der Waals surface area contributed by atoms with Crippen LogP contribution in [0.3, 0.4) is 0 Å². The molecule has 0 aliphatic heterocycles. The highest BCUT2D eigenvalue weighted by molar-refractivity contribution is 5.76. The number of allylic oxidation sites excluding steroid dienone is 3. The van der Waals surface area contributed by atoms with Crippen molar-refractivity contribution in [3.05, 3.63) is 24.3 Å². The Morgan fingerprint density at radius 2 is 0.712 bits per heavy atom. The van der Waals surface area contributed by atoms with Crippen molar-refractivity contribution in [3.8, 4) is 0 Å². The van der Waals surface area contributed by atoms with E-state index in [9.17, 15) is 19.8 Å². The number of aliphatic hydroxyl groups excluding tert-OH is 2. The molecule has 0 heterocycles. The molecule has 390 valence electrons. The Hall–Kier alpha value is -1.66. The third-order valence-corrected chi connectivity index (χ3v) is 13.7. The zero-order valence-corrected chi connectivity index (χ0v) is 44.4. The SMILES string of the molecule is CCCCCCCCCCCCCCCCCCCCCCC/C=C/C(O)C(CO)NC(=O)CCCCCC/C=C\CCCCOC(=O)CCCCCCCCCCCCCCCCCC. The van der Waals surface area contributed by atoms with Crippen molar-refractivity contribution in [1.29, 1.82) is 0 Å². The number of amides is 1. The average Bonchev–Trinajstić information content (AvgIpc) is 3.32. The molecule has 0 saturated carbocycles. The van der Waals surface area contributed by atoms with Gasteiger partial charge in [-0.15, -0.1) is 0 Å². The van der Waals surface area contributed by atoms with Gasteiger partial charge in [0.2, 0.25) is 5.91 Å². The van der Waals surface area contributed by atoms with Crippen LogP contribution in [0.4, 0.5) is 0 Å². The minimum absolute atomic E-state index is 0.0343. The standard InChI is InChI=1S/C60H115NO5/c1-3-5-7-9-11-13-15-17-19-21-22-23-24-25-26-27-28-30-32-36-40-44-48-52-58(63)57(56-62)61-59(64)53-49-45-41-37-34-35-39-43-47-51-55-66-60(65)54-50-46-42-38-33-31-29-20-18-16-14-12-10-8-6-4-2/h35,39,48,52,57-58,62-63H,3-34,36-38,40-47,49-51,53-56H2,1-2H3,(H,61,64)/b39-35-,52-48+. The van der Waals surface area contributed by atoms with Crippen molar-refractivity contribution in [2.45, 2.75) is 334 Å². The molecule has 0 aromatic rings. The van der Waals surface area contributed by atoms with E-state index in [1.54, 1.807) is 6.08 Å². The lowest BCUT2D eigenvalue weighted by molar-refractivity contribution is -0.143. The molecule has 1 amide bonds. The smallest absolute Gasteiger partial charge is 0.305 e. The third-order valence-electron chi connectivity index (χ3n) is 13.7. The Kier molecular flexibility index (Phi) is 54.5. The van der Waals surface area contributed by atoms with E-state index < -0.39 is 12.1 Å². The first kappa shape index (κ1) is 64.3. The first-order chi connectivity index (χ1) is 32.5. The van der Waals surface area contributed by atoms with Gasteiger partial charge in [0.25, 0.3) is 0 Å². The fourth-order valence-electron chi connectivity index (χ4n) is 9.16.